The highest BCUT2D eigenvalue weighted by Gasteiger charge is 2.21. The van der Waals surface area contributed by atoms with Crippen LogP contribution < -0.4 is 5.73 Å². The second kappa shape index (κ2) is 6.00. The van der Waals surface area contributed by atoms with Gasteiger partial charge in [0.15, 0.2) is 0 Å². The van der Waals surface area contributed by atoms with E-state index in [1.54, 1.807) is 0 Å². The molecular formula is C11H21N3. The van der Waals surface area contributed by atoms with Crippen LogP contribution >= 0.6 is 0 Å². The summed E-state index contributed by atoms with van der Waals surface area (Å²) in [4.78, 5) is 2.45. The van der Waals surface area contributed by atoms with Crippen molar-refractivity contribution in [2.75, 3.05) is 19.6 Å². The fourth-order valence-corrected chi connectivity index (χ4v) is 2.08. The third-order valence-corrected chi connectivity index (χ3v) is 3.14. The van der Waals surface area contributed by atoms with E-state index in [9.17, 15) is 0 Å². The Kier molecular flexibility index (Phi) is 4.92. The summed E-state index contributed by atoms with van der Waals surface area (Å²) in [6.07, 6.45) is 4.15. The van der Waals surface area contributed by atoms with E-state index >= 15 is 0 Å². The van der Waals surface area contributed by atoms with Crippen LogP contribution in [0.25, 0.3) is 0 Å². The molecule has 1 aliphatic heterocycles. The van der Waals surface area contributed by atoms with Crippen molar-refractivity contribution in [2.45, 2.75) is 38.6 Å². The van der Waals surface area contributed by atoms with Crippen molar-refractivity contribution in [3.63, 3.8) is 0 Å². The lowest BCUT2D eigenvalue weighted by molar-refractivity contribution is 0.171. The monoisotopic (exact) mass is 195 g/mol. The number of hydrogen-bond acceptors (Lipinski definition) is 3. The topological polar surface area (TPSA) is 53.0 Å². The number of likely N-dealkylation sites (tertiary alicyclic amines) is 1. The van der Waals surface area contributed by atoms with Crippen molar-refractivity contribution in [3.8, 4) is 6.07 Å². The van der Waals surface area contributed by atoms with Gasteiger partial charge in [-0.25, -0.2) is 0 Å². The smallest absolute Gasteiger partial charge is 0.0622 e. The number of piperidine rings is 1. The molecule has 1 saturated heterocycles. The summed E-state index contributed by atoms with van der Waals surface area (Å²) in [5.74, 6) is 0.710. The Labute approximate surface area is 86.9 Å². The van der Waals surface area contributed by atoms with Gasteiger partial charge in [-0.1, -0.05) is 0 Å². The molecule has 2 N–H and O–H groups in total. The first kappa shape index (κ1) is 11.5. The molecule has 0 radical (unpaired) electrons. The molecule has 0 aliphatic carbocycles. The quantitative estimate of drug-likeness (QED) is 0.689. The highest BCUT2D eigenvalue weighted by molar-refractivity contribution is 4.78. The third kappa shape index (κ3) is 3.65. The van der Waals surface area contributed by atoms with Gasteiger partial charge < -0.3 is 10.6 Å². The fourth-order valence-electron chi connectivity index (χ4n) is 2.08. The van der Waals surface area contributed by atoms with Crippen LogP contribution in [0.4, 0.5) is 0 Å². The Hall–Kier alpha value is -0.590. The maximum Gasteiger partial charge on any atom is 0.0622 e. The lowest BCUT2D eigenvalue weighted by Crippen LogP contribution is -2.39. The maximum atomic E-state index is 8.43. The molecule has 0 spiro atoms. The molecule has 3 nitrogen and oxygen atoms in total. The maximum absolute atomic E-state index is 8.43. The fraction of sp³-hybridized carbons (Fsp3) is 0.909. The molecule has 0 aromatic rings. The standard InChI is InChI=1S/C11H21N3/c1-10(13)11-4-8-14(9-5-11)7-3-2-6-12/h10-11H,2-5,7-9,13H2,1H3. The van der Waals surface area contributed by atoms with E-state index in [2.05, 4.69) is 17.9 Å². The molecule has 0 amide bonds. The molecule has 0 bridgehead atoms. The van der Waals surface area contributed by atoms with Gasteiger partial charge in [-0.15, -0.1) is 0 Å². The summed E-state index contributed by atoms with van der Waals surface area (Å²) in [5.41, 5.74) is 5.87. The van der Waals surface area contributed by atoms with Gasteiger partial charge in [-0.05, 0) is 51.7 Å². The lowest BCUT2D eigenvalue weighted by Gasteiger charge is -2.33. The van der Waals surface area contributed by atoms with E-state index < -0.39 is 0 Å². The highest BCUT2D eigenvalue weighted by atomic mass is 15.1. The van der Waals surface area contributed by atoms with Crippen LogP contribution in [-0.4, -0.2) is 30.6 Å². The second-order valence-corrected chi connectivity index (χ2v) is 4.30. The van der Waals surface area contributed by atoms with Crippen LogP contribution in [0.3, 0.4) is 0 Å². The first-order chi connectivity index (χ1) is 6.74. The van der Waals surface area contributed by atoms with Gasteiger partial charge in [-0.3, -0.25) is 0 Å². The van der Waals surface area contributed by atoms with Gasteiger partial charge in [-0.2, -0.15) is 5.26 Å². The van der Waals surface area contributed by atoms with E-state index in [0.717, 1.165) is 26.1 Å². The Morgan fingerprint density at radius 3 is 2.64 bits per heavy atom. The zero-order chi connectivity index (χ0) is 10.4. The molecule has 80 valence electrons. The normalized spacial score (nSPS) is 21.8. The predicted octanol–water partition coefficient (Wildman–Crippen LogP) is 1.35. The summed E-state index contributed by atoms with van der Waals surface area (Å²) in [6, 6.07) is 2.53. The molecule has 0 aromatic heterocycles. The molecule has 1 atom stereocenters. The second-order valence-electron chi connectivity index (χ2n) is 4.30. The van der Waals surface area contributed by atoms with Crippen LogP contribution in [0, 0.1) is 17.2 Å². The van der Waals surface area contributed by atoms with E-state index in [-0.39, 0.29) is 0 Å². The molecular weight excluding hydrogens is 174 g/mol. The first-order valence-electron chi connectivity index (χ1n) is 5.59. The largest absolute Gasteiger partial charge is 0.328 e. The van der Waals surface area contributed by atoms with Crippen LogP contribution in [0.1, 0.15) is 32.6 Å². The van der Waals surface area contributed by atoms with Gasteiger partial charge in [0.2, 0.25) is 0 Å². The Morgan fingerprint density at radius 1 is 1.50 bits per heavy atom. The number of nitrogens with zero attached hydrogens (tertiary/aromatic N) is 2. The van der Waals surface area contributed by atoms with E-state index in [0.29, 0.717) is 18.4 Å². The van der Waals surface area contributed by atoms with Crippen LogP contribution in [0.15, 0.2) is 0 Å². The van der Waals surface area contributed by atoms with Crippen molar-refractivity contribution in [1.82, 2.24) is 4.90 Å². The zero-order valence-electron chi connectivity index (χ0n) is 9.08. The average Bonchev–Trinajstić information content (AvgIpc) is 2.19. The van der Waals surface area contributed by atoms with Crippen molar-refractivity contribution in [2.24, 2.45) is 11.7 Å². The van der Waals surface area contributed by atoms with Crippen molar-refractivity contribution < 1.29 is 0 Å². The van der Waals surface area contributed by atoms with E-state index in [4.69, 9.17) is 11.0 Å². The highest BCUT2D eigenvalue weighted by Crippen LogP contribution is 2.19. The molecule has 3 heteroatoms. The van der Waals surface area contributed by atoms with Crippen LogP contribution in [0.5, 0.6) is 0 Å². The molecule has 0 saturated carbocycles. The number of unbranched alkanes of at least 4 members (excludes halogenated alkanes) is 1. The Bertz CT molecular complexity index is 187. The Morgan fingerprint density at radius 2 is 2.14 bits per heavy atom. The minimum absolute atomic E-state index is 0.344. The van der Waals surface area contributed by atoms with Crippen molar-refractivity contribution >= 4 is 0 Å². The summed E-state index contributed by atoms with van der Waals surface area (Å²) < 4.78 is 0. The lowest BCUT2D eigenvalue weighted by atomic mass is 9.91. The van der Waals surface area contributed by atoms with Gasteiger partial charge in [0.1, 0.15) is 0 Å². The molecule has 1 unspecified atom stereocenters. The molecule has 1 fully saturated rings. The molecule has 1 aliphatic rings. The van der Waals surface area contributed by atoms with E-state index in [1.165, 1.54) is 12.8 Å². The number of rotatable bonds is 4. The minimum Gasteiger partial charge on any atom is -0.328 e. The zero-order valence-corrected chi connectivity index (χ0v) is 9.08. The van der Waals surface area contributed by atoms with Gasteiger partial charge >= 0.3 is 0 Å². The molecule has 1 heterocycles. The summed E-state index contributed by atoms with van der Waals surface area (Å²) in [5, 5.41) is 8.43. The number of hydrogen-bond donors (Lipinski definition) is 1. The average molecular weight is 195 g/mol. The summed E-state index contributed by atoms with van der Waals surface area (Å²) in [7, 11) is 0. The molecule has 0 aromatic carbocycles. The van der Waals surface area contributed by atoms with Crippen LogP contribution in [-0.2, 0) is 0 Å². The predicted molar refractivity (Wildman–Crippen MR) is 57.7 cm³/mol. The molecule has 14 heavy (non-hydrogen) atoms. The SMILES string of the molecule is CC(N)C1CCN(CCCC#N)CC1. The van der Waals surface area contributed by atoms with Gasteiger partial charge in [0.05, 0.1) is 6.07 Å². The third-order valence-electron chi connectivity index (χ3n) is 3.14. The summed E-state index contributed by atoms with van der Waals surface area (Å²) in [6.45, 7) is 5.52. The Balaban J connectivity index is 2.13. The van der Waals surface area contributed by atoms with Gasteiger partial charge in [0, 0.05) is 12.5 Å². The van der Waals surface area contributed by atoms with Gasteiger partial charge in [0.25, 0.3) is 0 Å². The van der Waals surface area contributed by atoms with E-state index in [1.807, 2.05) is 0 Å². The number of nitrogens with two attached hydrogens (primary N) is 1. The molecule has 1 rings (SSSR count). The van der Waals surface area contributed by atoms with Crippen molar-refractivity contribution in [3.05, 3.63) is 0 Å². The minimum atomic E-state index is 0.344. The summed E-state index contributed by atoms with van der Waals surface area (Å²) >= 11 is 0. The first-order valence-corrected chi connectivity index (χ1v) is 5.59. The van der Waals surface area contributed by atoms with Crippen LogP contribution in [0.2, 0.25) is 0 Å². The van der Waals surface area contributed by atoms with Crippen molar-refractivity contribution in [1.29, 1.82) is 5.26 Å². The number of nitriles is 1.